The molecule has 74 heavy (non-hydrogen) atoms. The van der Waals surface area contributed by atoms with E-state index in [2.05, 4.69) is 29.2 Å². The molecule has 0 unspecified atom stereocenters. The molecule has 14 nitrogen and oxygen atoms in total. The highest BCUT2D eigenvalue weighted by Gasteiger charge is 2.36. The van der Waals surface area contributed by atoms with Crippen molar-refractivity contribution in [2.45, 2.75) is 71.5 Å². The Morgan fingerprint density at radius 2 is 1.55 bits per heavy atom. The molecule has 384 valence electrons. The van der Waals surface area contributed by atoms with Crippen LogP contribution in [0.2, 0.25) is 0 Å². The summed E-state index contributed by atoms with van der Waals surface area (Å²) in [4.78, 5) is 52.8. The Bertz CT molecular complexity index is 3130. The SMILES string of the molecule is Cc1c(N(C(=O)c2cc(-c3cc4c(cc3C(=O)N3Cc5ccccc5C[C@H]3CN3CCOCC3)CN(C(=O)Cc3ccc(OCCC5CCOCC5)cc3F)CC4)n(C)c2C)c2ccc(O)cc2)cc(C#N)n1C. The molecule has 0 radical (unpaired) electrons. The third-order valence-corrected chi connectivity index (χ3v) is 15.8. The van der Waals surface area contributed by atoms with Gasteiger partial charge in [0, 0.05) is 113 Å². The standard InChI is InChI=1S/C59H64FN7O7/c1-38-51(59(71)67(46-10-12-49(68)13-11-46)55-31-47(34-61)62(3)39(55)2)33-56(63(38)4)52-28-42-15-19-65(57(69)30-43-9-14-50(32-54(43)60)74-24-18-40-16-22-72-23-17-40)35-45(42)29-53(52)58(70)66-36-44-8-6-5-7-41(44)27-48(66)37-64-20-25-73-26-21-64/h5-14,28-29,31-33,40,48,68H,15-27,30,35-37H2,1-4H3/t48-/m0/s1. The van der Waals surface area contributed by atoms with Gasteiger partial charge in [-0.2, -0.15) is 5.26 Å². The van der Waals surface area contributed by atoms with Crippen molar-refractivity contribution in [3.05, 3.63) is 153 Å². The molecular formula is C59H64FN7O7. The van der Waals surface area contributed by atoms with Crippen molar-refractivity contribution < 1.29 is 38.1 Å². The number of hydrogen-bond acceptors (Lipinski definition) is 9. The molecule has 10 rings (SSSR count). The second kappa shape index (κ2) is 21.7. The number of phenols is 1. The lowest BCUT2D eigenvalue weighted by atomic mass is 9.89. The number of nitrogens with zero attached hydrogens (tertiary/aromatic N) is 7. The van der Waals surface area contributed by atoms with Crippen LogP contribution in [0.5, 0.6) is 11.5 Å². The zero-order chi connectivity index (χ0) is 51.6. The normalized spacial score (nSPS) is 17.1. The van der Waals surface area contributed by atoms with Crippen molar-refractivity contribution in [2.75, 3.05) is 64.1 Å². The molecule has 0 bridgehead atoms. The van der Waals surface area contributed by atoms with Crippen molar-refractivity contribution in [1.82, 2.24) is 23.8 Å². The molecule has 3 amide bonds. The van der Waals surface area contributed by atoms with E-state index in [0.29, 0.717) is 120 Å². The van der Waals surface area contributed by atoms with Gasteiger partial charge in [-0.25, -0.2) is 4.39 Å². The monoisotopic (exact) mass is 1000 g/mol. The lowest BCUT2D eigenvalue weighted by molar-refractivity contribution is -0.131. The molecule has 4 aliphatic rings. The predicted molar refractivity (Wildman–Crippen MR) is 279 cm³/mol. The highest BCUT2D eigenvalue weighted by molar-refractivity contribution is 6.13. The van der Waals surface area contributed by atoms with Gasteiger partial charge in [-0.1, -0.05) is 30.3 Å². The molecule has 4 aliphatic heterocycles. The largest absolute Gasteiger partial charge is 0.508 e. The Balaban J connectivity index is 0.993. The lowest BCUT2D eigenvalue weighted by Crippen LogP contribution is -2.52. The molecular weight excluding hydrogens is 938 g/mol. The van der Waals surface area contributed by atoms with Crippen LogP contribution in [0.4, 0.5) is 15.8 Å². The summed E-state index contributed by atoms with van der Waals surface area (Å²) in [6, 6.07) is 29.0. The predicted octanol–water partition coefficient (Wildman–Crippen LogP) is 8.56. The number of halogens is 1. The topological polar surface area (TPSA) is 146 Å². The third-order valence-electron chi connectivity index (χ3n) is 15.8. The Morgan fingerprint density at radius 1 is 0.811 bits per heavy atom. The zero-order valence-electron chi connectivity index (χ0n) is 42.7. The summed E-state index contributed by atoms with van der Waals surface area (Å²) >= 11 is 0. The first-order valence-corrected chi connectivity index (χ1v) is 25.8. The molecule has 15 heteroatoms. The number of morpholine rings is 1. The van der Waals surface area contributed by atoms with E-state index < -0.39 is 5.82 Å². The molecule has 0 saturated carbocycles. The number of phenolic OH excluding ortho intramolecular Hbond substituents is 1. The minimum Gasteiger partial charge on any atom is -0.508 e. The van der Waals surface area contributed by atoms with Gasteiger partial charge in [0.25, 0.3) is 11.8 Å². The second-order valence-corrected chi connectivity index (χ2v) is 20.2. The quantitative estimate of drug-likeness (QED) is 0.120. The van der Waals surface area contributed by atoms with Crippen LogP contribution in [0.15, 0.2) is 91.0 Å². The van der Waals surface area contributed by atoms with Gasteiger partial charge in [-0.3, -0.25) is 24.2 Å². The van der Waals surface area contributed by atoms with Crippen molar-refractivity contribution in [2.24, 2.45) is 20.0 Å². The van der Waals surface area contributed by atoms with Gasteiger partial charge in [0.2, 0.25) is 5.91 Å². The van der Waals surface area contributed by atoms with Gasteiger partial charge in [0.1, 0.15) is 29.1 Å². The number of carbonyl (C=O) groups excluding carboxylic acids is 3. The van der Waals surface area contributed by atoms with Crippen LogP contribution in [0.1, 0.15) is 84.9 Å². The van der Waals surface area contributed by atoms with E-state index in [4.69, 9.17) is 14.2 Å². The number of amides is 3. The fourth-order valence-electron chi connectivity index (χ4n) is 11.1. The molecule has 2 aromatic heterocycles. The number of nitriles is 1. The van der Waals surface area contributed by atoms with Crippen LogP contribution in [0.3, 0.4) is 0 Å². The van der Waals surface area contributed by atoms with Gasteiger partial charge in [0.05, 0.1) is 37.5 Å². The Labute approximate surface area is 432 Å². The molecule has 1 N–H and O–H groups in total. The summed E-state index contributed by atoms with van der Waals surface area (Å²) in [5, 5.41) is 20.2. The zero-order valence-corrected chi connectivity index (χ0v) is 42.7. The Morgan fingerprint density at radius 3 is 2.28 bits per heavy atom. The first-order chi connectivity index (χ1) is 35.8. The van der Waals surface area contributed by atoms with Gasteiger partial charge in [0.15, 0.2) is 0 Å². The molecule has 2 saturated heterocycles. The van der Waals surface area contributed by atoms with Gasteiger partial charge < -0.3 is 38.3 Å². The summed E-state index contributed by atoms with van der Waals surface area (Å²) < 4.78 is 36.4. The van der Waals surface area contributed by atoms with Gasteiger partial charge in [-0.05, 0) is 134 Å². The maximum atomic E-state index is 15.8. The van der Waals surface area contributed by atoms with Crippen molar-refractivity contribution in [1.29, 1.82) is 5.26 Å². The maximum absolute atomic E-state index is 15.8. The number of carbonyl (C=O) groups is 3. The minimum absolute atomic E-state index is 0.0461. The highest BCUT2D eigenvalue weighted by atomic mass is 19.1. The molecule has 6 heterocycles. The molecule has 1 atom stereocenters. The first-order valence-electron chi connectivity index (χ1n) is 25.8. The number of aromatic nitrogens is 2. The highest BCUT2D eigenvalue weighted by Crippen LogP contribution is 2.39. The van der Waals surface area contributed by atoms with Crippen LogP contribution in [-0.2, 0) is 60.7 Å². The van der Waals surface area contributed by atoms with Crippen molar-refractivity contribution in [3.8, 4) is 28.8 Å². The third kappa shape index (κ3) is 10.3. The van der Waals surface area contributed by atoms with E-state index in [9.17, 15) is 15.2 Å². The van der Waals surface area contributed by atoms with E-state index >= 15 is 14.0 Å². The molecule has 0 spiro atoms. The number of ether oxygens (including phenoxy) is 3. The average molecular weight is 1000 g/mol. The van der Waals surface area contributed by atoms with Crippen molar-refractivity contribution in [3.63, 3.8) is 0 Å². The Hall–Kier alpha value is -7.25. The van der Waals surface area contributed by atoms with Crippen LogP contribution >= 0.6 is 0 Å². The fraction of sp³-hybridized carbons (Fsp3) is 0.390. The van der Waals surface area contributed by atoms with E-state index in [0.717, 1.165) is 62.3 Å². The van der Waals surface area contributed by atoms with E-state index in [1.54, 1.807) is 51.7 Å². The molecule has 6 aromatic rings. The minimum atomic E-state index is -0.487. The number of aromatic hydroxyl groups is 1. The van der Waals surface area contributed by atoms with Crippen LogP contribution < -0.4 is 9.64 Å². The number of hydrogen-bond donors (Lipinski definition) is 1. The summed E-state index contributed by atoms with van der Waals surface area (Å²) in [5.74, 6) is -0.188. The van der Waals surface area contributed by atoms with Crippen LogP contribution in [0, 0.1) is 36.9 Å². The van der Waals surface area contributed by atoms with Gasteiger partial charge >= 0.3 is 0 Å². The number of benzene rings is 4. The fourth-order valence-corrected chi connectivity index (χ4v) is 11.1. The lowest BCUT2D eigenvalue weighted by Gasteiger charge is -2.41. The van der Waals surface area contributed by atoms with E-state index in [1.165, 1.54) is 23.8 Å². The summed E-state index contributed by atoms with van der Waals surface area (Å²) in [7, 11) is 3.68. The van der Waals surface area contributed by atoms with Crippen LogP contribution in [-0.4, -0.2) is 112 Å². The maximum Gasteiger partial charge on any atom is 0.264 e. The second-order valence-electron chi connectivity index (χ2n) is 20.2. The van der Waals surface area contributed by atoms with E-state index in [-0.39, 0.29) is 42.5 Å². The summed E-state index contributed by atoms with van der Waals surface area (Å²) in [5.41, 5.74) is 9.35. The molecule has 4 aromatic carbocycles. The Kier molecular flexibility index (Phi) is 14.7. The smallest absolute Gasteiger partial charge is 0.264 e. The number of anilines is 2. The first kappa shape index (κ1) is 50.3. The van der Waals surface area contributed by atoms with Crippen molar-refractivity contribution >= 4 is 29.1 Å². The summed E-state index contributed by atoms with van der Waals surface area (Å²) in [6.45, 7) is 10.3. The average Bonchev–Trinajstić information content (AvgIpc) is 3.88. The van der Waals surface area contributed by atoms with Gasteiger partial charge in [-0.15, -0.1) is 0 Å². The molecule has 0 aliphatic carbocycles. The number of rotatable bonds is 13. The van der Waals surface area contributed by atoms with Crippen LogP contribution in [0.25, 0.3) is 11.3 Å². The molecule has 2 fully saturated rings. The van der Waals surface area contributed by atoms with E-state index in [1.807, 2.05) is 54.6 Å². The summed E-state index contributed by atoms with van der Waals surface area (Å²) in [6.07, 6.45) is 3.95. The number of fused-ring (bicyclic) bond motifs is 2.